The molecule has 24 heavy (non-hydrogen) atoms. The van der Waals surface area contributed by atoms with Crippen molar-refractivity contribution in [3.05, 3.63) is 42.2 Å². The number of amides is 1. The van der Waals surface area contributed by atoms with Crippen molar-refractivity contribution in [2.24, 2.45) is 0 Å². The van der Waals surface area contributed by atoms with Gasteiger partial charge in [0.15, 0.2) is 5.41 Å². The number of fused-ring (bicyclic) bond motifs is 2. The van der Waals surface area contributed by atoms with E-state index in [1.165, 1.54) is 7.11 Å². The molecule has 1 atom stereocenters. The molecule has 3 heterocycles. The summed E-state index contributed by atoms with van der Waals surface area (Å²) in [5.74, 6) is -0.291. The van der Waals surface area contributed by atoms with Crippen LogP contribution in [0.4, 0.5) is 5.69 Å². The van der Waals surface area contributed by atoms with E-state index in [2.05, 4.69) is 20.3 Å². The average molecular weight is 322 g/mol. The van der Waals surface area contributed by atoms with Crippen molar-refractivity contribution in [1.29, 1.82) is 0 Å². The number of esters is 1. The lowest BCUT2D eigenvalue weighted by atomic mass is 9.83. The van der Waals surface area contributed by atoms with Crippen molar-refractivity contribution in [2.75, 3.05) is 12.4 Å². The maximum atomic E-state index is 12.3. The maximum absolute atomic E-state index is 12.3. The van der Waals surface area contributed by atoms with Gasteiger partial charge in [0.2, 0.25) is 5.91 Å². The van der Waals surface area contributed by atoms with Gasteiger partial charge >= 0.3 is 5.97 Å². The number of carbonyl (C=O) groups excluding carboxylic acids is 2. The molecular weight excluding hydrogens is 308 g/mol. The Balaban J connectivity index is 1.89. The number of imidazole rings is 1. The quantitative estimate of drug-likeness (QED) is 0.555. The van der Waals surface area contributed by atoms with E-state index in [4.69, 9.17) is 4.74 Å². The number of nitrogens with one attached hydrogen (secondary N) is 2. The first-order chi connectivity index (χ1) is 11.5. The number of ether oxygens (including phenoxy) is 1. The molecule has 1 aliphatic heterocycles. The molecule has 1 unspecified atom stereocenters. The zero-order chi connectivity index (χ0) is 16.9. The van der Waals surface area contributed by atoms with E-state index < -0.39 is 17.3 Å². The predicted octanol–water partition coefficient (Wildman–Crippen LogP) is 2.01. The SMILES string of the molecule is COC(=O)C1(C)C(=O)Nc2cc3nc(-c4ccncc4)[nH]c3cc21. The zero-order valence-corrected chi connectivity index (χ0v) is 13.1. The smallest absolute Gasteiger partial charge is 0.325 e. The van der Waals surface area contributed by atoms with Gasteiger partial charge in [-0.2, -0.15) is 0 Å². The van der Waals surface area contributed by atoms with Crippen LogP contribution < -0.4 is 5.32 Å². The summed E-state index contributed by atoms with van der Waals surface area (Å²) >= 11 is 0. The van der Waals surface area contributed by atoms with Crippen LogP contribution >= 0.6 is 0 Å². The van der Waals surface area contributed by atoms with Crippen LogP contribution in [0.1, 0.15) is 12.5 Å². The topological polar surface area (TPSA) is 97.0 Å². The van der Waals surface area contributed by atoms with Crippen molar-refractivity contribution < 1.29 is 14.3 Å². The molecule has 1 aliphatic rings. The standard InChI is InChI=1S/C17H14N4O3/c1-17(16(23)24-2)10-7-12-13(8-11(10)21-15(17)22)20-14(19-12)9-3-5-18-6-4-9/h3-8H,1-2H3,(H,19,20)(H,21,22). The van der Waals surface area contributed by atoms with Crippen molar-refractivity contribution in [2.45, 2.75) is 12.3 Å². The Morgan fingerprint density at radius 2 is 2.00 bits per heavy atom. The predicted molar refractivity (Wildman–Crippen MR) is 87.3 cm³/mol. The molecule has 0 radical (unpaired) electrons. The third kappa shape index (κ3) is 1.84. The first-order valence-corrected chi connectivity index (χ1v) is 7.38. The molecule has 4 rings (SSSR count). The van der Waals surface area contributed by atoms with Crippen LogP contribution in [-0.2, 0) is 19.7 Å². The van der Waals surface area contributed by atoms with Gasteiger partial charge in [0.1, 0.15) is 5.82 Å². The molecular formula is C17H14N4O3. The number of hydrogen-bond donors (Lipinski definition) is 2. The second-order valence-corrected chi connectivity index (χ2v) is 5.81. The summed E-state index contributed by atoms with van der Waals surface area (Å²) in [6, 6.07) is 7.24. The number of hydrogen-bond acceptors (Lipinski definition) is 5. The average Bonchev–Trinajstić information content (AvgIpc) is 3.13. The number of carbonyl (C=O) groups is 2. The van der Waals surface area contributed by atoms with Gasteiger partial charge < -0.3 is 15.0 Å². The highest BCUT2D eigenvalue weighted by atomic mass is 16.5. The van der Waals surface area contributed by atoms with Crippen LogP contribution in [0.3, 0.4) is 0 Å². The minimum atomic E-state index is -1.36. The Bertz CT molecular complexity index is 980. The van der Waals surface area contributed by atoms with E-state index >= 15 is 0 Å². The minimum Gasteiger partial charge on any atom is -0.468 e. The van der Waals surface area contributed by atoms with E-state index in [1.807, 2.05) is 12.1 Å². The van der Waals surface area contributed by atoms with Crippen LogP contribution in [0.15, 0.2) is 36.7 Å². The summed E-state index contributed by atoms with van der Waals surface area (Å²) in [6.07, 6.45) is 3.38. The molecule has 0 saturated carbocycles. The minimum absolute atomic E-state index is 0.397. The summed E-state index contributed by atoms with van der Waals surface area (Å²) in [7, 11) is 1.27. The fourth-order valence-corrected chi connectivity index (χ4v) is 3.00. The van der Waals surface area contributed by atoms with Crippen molar-refractivity contribution >= 4 is 28.6 Å². The maximum Gasteiger partial charge on any atom is 0.325 e. The molecule has 0 aliphatic carbocycles. The highest BCUT2D eigenvalue weighted by Gasteiger charge is 2.50. The lowest BCUT2D eigenvalue weighted by molar-refractivity contribution is -0.150. The molecule has 0 bridgehead atoms. The molecule has 7 heteroatoms. The molecule has 120 valence electrons. The van der Waals surface area contributed by atoms with Crippen molar-refractivity contribution in [1.82, 2.24) is 15.0 Å². The Morgan fingerprint density at radius 1 is 1.25 bits per heavy atom. The van der Waals surface area contributed by atoms with Crippen LogP contribution in [0.25, 0.3) is 22.4 Å². The third-order valence-electron chi connectivity index (χ3n) is 4.41. The Hall–Kier alpha value is -3.22. The lowest BCUT2D eigenvalue weighted by Gasteiger charge is -2.18. The van der Waals surface area contributed by atoms with E-state index in [-0.39, 0.29) is 0 Å². The number of benzene rings is 1. The first kappa shape index (κ1) is 14.4. The van der Waals surface area contributed by atoms with Gasteiger partial charge in [-0.15, -0.1) is 0 Å². The highest BCUT2D eigenvalue weighted by molar-refractivity contribution is 6.19. The fraction of sp³-hybridized carbons (Fsp3) is 0.176. The van der Waals surface area contributed by atoms with Crippen molar-refractivity contribution in [3.8, 4) is 11.4 Å². The summed E-state index contributed by atoms with van der Waals surface area (Å²) in [5.41, 5.74) is 2.15. The number of H-pyrrole nitrogens is 1. The number of pyridine rings is 1. The molecule has 1 aromatic carbocycles. The molecule has 2 N–H and O–H groups in total. The van der Waals surface area contributed by atoms with Gasteiger partial charge in [-0.05, 0) is 31.2 Å². The summed E-state index contributed by atoms with van der Waals surface area (Å²) < 4.78 is 4.82. The second kappa shape index (κ2) is 4.89. The second-order valence-electron chi connectivity index (χ2n) is 5.81. The molecule has 3 aromatic rings. The summed E-state index contributed by atoms with van der Waals surface area (Å²) in [4.78, 5) is 36.2. The lowest BCUT2D eigenvalue weighted by Crippen LogP contribution is -2.40. The fourth-order valence-electron chi connectivity index (χ4n) is 3.00. The highest BCUT2D eigenvalue weighted by Crippen LogP contribution is 2.40. The molecule has 0 fully saturated rings. The third-order valence-corrected chi connectivity index (χ3v) is 4.41. The number of aromatic nitrogens is 3. The van der Waals surface area contributed by atoms with Gasteiger partial charge in [-0.25, -0.2) is 4.98 Å². The monoisotopic (exact) mass is 322 g/mol. The van der Waals surface area contributed by atoms with E-state index in [0.29, 0.717) is 22.6 Å². The van der Waals surface area contributed by atoms with E-state index in [9.17, 15) is 9.59 Å². The van der Waals surface area contributed by atoms with Gasteiger partial charge in [-0.1, -0.05) is 0 Å². The van der Waals surface area contributed by atoms with Gasteiger partial charge in [0.25, 0.3) is 0 Å². The Morgan fingerprint density at radius 3 is 2.71 bits per heavy atom. The number of nitrogens with zero attached hydrogens (tertiary/aromatic N) is 2. The Kier molecular flexibility index (Phi) is 2.93. The van der Waals surface area contributed by atoms with Crippen LogP contribution in [0, 0.1) is 0 Å². The number of methoxy groups -OCH3 is 1. The molecule has 7 nitrogen and oxygen atoms in total. The molecule has 0 spiro atoms. The van der Waals surface area contributed by atoms with Crippen LogP contribution in [0.2, 0.25) is 0 Å². The summed E-state index contributed by atoms with van der Waals surface area (Å²) in [5, 5.41) is 2.74. The number of anilines is 1. The molecule has 0 saturated heterocycles. The van der Waals surface area contributed by atoms with Crippen LogP contribution in [-0.4, -0.2) is 33.9 Å². The van der Waals surface area contributed by atoms with Gasteiger partial charge in [0.05, 0.1) is 18.1 Å². The summed E-state index contributed by atoms with van der Waals surface area (Å²) in [6.45, 7) is 1.56. The van der Waals surface area contributed by atoms with Gasteiger partial charge in [0, 0.05) is 29.2 Å². The zero-order valence-electron chi connectivity index (χ0n) is 13.1. The van der Waals surface area contributed by atoms with E-state index in [1.54, 1.807) is 31.5 Å². The van der Waals surface area contributed by atoms with Gasteiger partial charge in [-0.3, -0.25) is 14.6 Å². The first-order valence-electron chi connectivity index (χ1n) is 7.38. The molecule has 2 aromatic heterocycles. The molecule has 1 amide bonds. The van der Waals surface area contributed by atoms with E-state index in [0.717, 1.165) is 11.1 Å². The normalized spacial score (nSPS) is 19.2. The largest absolute Gasteiger partial charge is 0.468 e. The number of rotatable bonds is 2. The number of aromatic amines is 1. The van der Waals surface area contributed by atoms with Crippen LogP contribution in [0.5, 0.6) is 0 Å². The Labute approximate surface area is 137 Å². The van der Waals surface area contributed by atoms with Crippen molar-refractivity contribution in [3.63, 3.8) is 0 Å².